The summed E-state index contributed by atoms with van der Waals surface area (Å²) in [6, 6.07) is 0.308. The third kappa shape index (κ3) is 4.04. The Bertz CT molecular complexity index is 701. The Morgan fingerprint density at radius 1 is 1.40 bits per heavy atom. The molecule has 9 heteroatoms. The van der Waals surface area contributed by atoms with Crippen molar-refractivity contribution in [2.24, 2.45) is 5.73 Å². The van der Waals surface area contributed by atoms with Gasteiger partial charge in [-0.25, -0.2) is 14.3 Å². The molecule has 2 aromatic rings. The molecule has 0 bridgehead atoms. The fourth-order valence-corrected chi connectivity index (χ4v) is 3.25. The fraction of sp³-hybridized carbons (Fsp3) is 0.688. The van der Waals surface area contributed by atoms with Crippen LogP contribution in [0.2, 0.25) is 0 Å². The molecule has 2 heterocycles. The molecule has 2 aromatic heterocycles. The summed E-state index contributed by atoms with van der Waals surface area (Å²) < 4.78 is 3.61. The van der Waals surface area contributed by atoms with Crippen molar-refractivity contribution in [3.05, 3.63) is 24.0 Å². The maximum Gasteiger partial charge on any atom is 0.274 e. The van der Waals surface area contributed by atoms with E-state index in [9.17, 15) is 4.79 Å². The van der Waals surface area contributed by atoms with E-state index in [0.717, 1.165) is 44.5 Å². The van der Waals surface area contributed by atoms with Crippen molar-refractivity contribution in [2.45, 2.75) is 70.6 Å². The average molecular weight is 346 g/mol. The van der Waals surface area contributed by atoms with Gasteiger partial charge >= 0.3 is 0 Å². The van der Waals surface area contributed by atoms with Crippen LogP contribution in [-0.2, 0) is 6.54 Å². The molecule has 1 amide bonds. The normalized spacial score (nSPS) is 21.9. The van der Waals surface area contributed by atoms with Gasteiger partial charge in [-0.05, 0) is 39.0 Å². The highest BCUT2D eigenvalue weighted by Crippen LogP contribution is 2.26. The Morgan fingerprint density at radius 3 is 2.88 bits per heavy atom. The molecule has 1 aliphatic rings. The molecule has 9 nitrogen and oxygen atoms in total. The molecule has 3 N–H and O–H groups in total. The van der Waals surface area contributed by atoms with Crippen molar-refractivity contribution in [3.8, 4) is 0 Å². The zero-order valence-electron chi connectivity index (χ0n) is 14.8. The summed E-state index contributed by atoms with van der Waals surface area (Å²) in [5.41, 5.74) is 6.26. The average Bonchev–Trinajstić information content (AvgIpc) is 3.25. The topological polar surface area (TPSA) is 117 Å². The Kier molecular flexibility index (Phi) is 5.42. The van der Waals surface area contributed by atoms with E-state index in [1.165, 1.54) is 6.33 Å². The Labute approximate surface area is 147 Å². The van der Waals surface area contributed by atoms with Gasteiger partial charge in [0.1, 0.15) is 12.2 Å². The lowest BCUT2D eigenvalue weighted by Gasteiger charge is -2.25. The van der Waals surface area contributed by atoms with Crippen molar-refractivity contribution in [1.29, 1.82) is 0 Å². The van der Waals surface area contributed by atoms with E-state index in [1.807, 2.05) is 11.6 Å². The van der Waals surface area contributed by atoms with Gasteiger partial charge in [-0.2, -0.15) is 5.10 Å². The first-order valence-electron chi connectivity index (χ1n) is 8.94. The number of nitrogens with zero attached hydrogens (tertiary/aromatic N) is 6. The molecule has 3 rings (SSSR count). The minimum atomic E-state index is -0.252. The first-order valence-corrected chi connectivity index (χ1v) is 8.94. The lowest BCUT2D eigenvalue weighted by molar-refractivity contribution is 0.0932. The van der Waals surface area contributed by atoms with Crippen molar-refractivity contribution < 1.29 is 4.79 Å². The van der Waals surface area contributed by atoms with Crippen LogP contribution in [0, 0.1) is 0 Å². The van der Waals surface area contributed by atoms with Crippen molar-refractivity contribution in [2.75, 3.05) is 0 Å². The van der Waals surface area contributed by atoms with Crippen LogP contribution in [0.4, 0.5) is 0 Å². The first-order chi connectivity index (χ1) is 12.1. The molecular weight excluding hydrogens is 320 g/mol. The van der Waals surface area contributed by atoms with Crippen LogP contribution in [0.15, 0.2) is 12.5 Å². The minimum Gasteiger partial charge on any atom is -0.341 e. The molecule has 0 spiro atoms. The number of carbonyl (C=O) groups excluding carboxylic acids is 1. The summed E-state index contributed by atoms with van der Waals surface area (Å²) >= 11 is 0. The van der Waals surface area contributed by atoms with Crippen molar-refractivity contribution >= 4 is 5.91 Å². The summed E-state index contributed by atoms with van der Waals surface area (Å²) in [6.07, 6.45) is 8.10. The van der Waals surface area contributed by atoms with Crippen LogP contribution in [0.3, 0.4) is 0 Å². The van der Waals surface area contributed by atoms with Gasteiger partial charge in [0.05, 0.1) is 18.3 Å². The van der Waals surface area contributed by atoms with Gasteiger partial charge in [-0.1, -0.05) is 12.1 Å². The number of nitrogens with two attached hydrogens (primary N) is 1. The second-order valence-corrected chi connectivity index (χ2v) is 6.69. The Morgan fingerprint density at radius 2 is 2.16 bits per heavy atom. The van der Waals surface area contributed by atoms with Crippen LogP contribution in [-0.4, -0.2) is 41.7 Å². The molecule has 1 aliphatic carbocycles. The minimum absolute atomic E-state index is 0.251. The van der Waals surface area contributed by atoms with Crippen molar-refractivity contribution in [1.82, 2.24) is 35.1 Å². The largest absolute Gasteiger partial charge is 0.341 e. The summed E-state index contributed by atoms with van der Waals surface area (Å²) in [6.45, 7) is 4.74. The molecule has 0 aliphatic heterocycles. The monoisotopic (exact) mass is 346 g/mol. The van der Waals surface area contributed by atoms with E-state index in [0.29, 0.717) is 5.69 Å². The molecule has 0 radical (unpaired) electrons. The number of nitrogens with one attached hydrogen (secondary N) is 1. The summed E-state index contributed by atoms with van der Waals surface area (Å²) in [4.78, 5) is 16.7. The van der Waals surface area contributed by atoms with Crippen LogP contribution in [0.5, 0.6) is 0 Å². The predicted molar refractivity (Wildman–Crippen MR) is 91.7 cm³/mol. The lowest BCUT2D eigenvalue weighted by Crippen LogP contribution is -2.29. The van der Waals surface area contributed by atoms with E-state index in [2.05, 4.69) is 32.6 Å². The molecule has 1 atom stereocenters. The van der Waals surface area contributed by atoms with Crippen LogP contribution < -0.4 is 11.1 Å². The number of aromatic nitrogens is 6. The molecule has 25 heavy (non-hydrogen) atoms. The number of hydrogen-bond acceptors (Lipinski definition) is 6. The summed E-state index contributed by atoms with van der Waals surface area (Å²) in [5, 5.41) is 15.3. The summed E-state index contributed by atoms with van der Waals surface area (Å²) in [5.74, 6) is 0.487. The van der Waals surface area contributed by atoms with Crippen molar-refractivity contribution in [3.63, 3.8) is 0 Å². The van der Waals surface area contributed by atoms with E-state index < -0.39 is 0 Å². The Hall–Kier alpha value is -2.29. The van der Waals surface area contributed by atoms with E-state index >= 15 is 0 Å². The van der Waals surface area contributed by atoms with Crippen LogP contribution >= 0.6 is 0 Å². The summed E-state index contributed by atoms with van der Waals surface area (Å²) in [7, 11) is 0. The molecule has 0 aromatic carbocycles. The maximum atomic E-state index is 12.5. The molecule has 1 saturated carbocycles. The first kappa shape index (κ1) is 17.5. The van der Waals surface area contributed by atoms with Gasteiger partial charge in [-0.15, -0.1) is 5.10 Å². The zero-order chi connectivity index (χ0) is 17.8. The Balaban J connectivity index is 1.62. The molecule has 136 valence electrons. The van der Waals surface area contributed by atoms with Crippen LogP contribution in [0.25, 0.3) is 0 Å². The quantitative estimate of drug-likeness (QED) is 0.812. The molecule has 1 unspecified atom stereocenters. The molecular formula is C16H26N8O. The highest BCUT2D eigenvalue weighted by Gasteiger charge is 2.23. The zero-order valence-corrected chi connectivity index (χ0v) is 14.8. The van der Waals surface area contributed by atoms with E-state index in [1.54, 1.807) is 10.9 Å². The smallest absolute Gasteiger partial charge is 0.274 e. The number of carbonyl (C=O) groups is 1. The highest BCUT2D eigenvalue weighted by molar-refractivity contribution is 5.92. The maximum absolute atomic E-state index is 12.5. The lowest BCUT2D eigenvalue weighted by atomic mass is 9.92. The second-order valence-electron chi connectivity index (χ2n) is 6.69. The number of aryl methyl sites for hydroxylation is 1. The number of amides is 1. The number of hydrogen-bond donors (Lipinski definition) is 2. The molecule has 1 fully saturated rings. The van der Waals surface area contributed by atoms with Gasteiger partial charge in [0.2, 0.25) is 0 Å². The predicted octanol–water partition coefficient (Wildman–Crippen LogP) is 1.21. The fourth-order valence-electron chi connectivity index (χ4n) is 3.25. The third-order valence-corrected chi connectivity index (χ3v) is 4.67. The van der Waals surface area contributed by atoms with Gasteiger partial charge in [0.25, 0.3) is 5.91 Å². The van der Waals surface area contributed by atoms with Gasteiger partial charge < -0.3 is 11.1 Å². The van der Waals surface area contributed by atoms with E-state index in [4.69, 9.17) is 5.73 Å². The van der Waals surface area contributed by atoms with Gasteiger partial charge in [0, 0.05) is 12.6 Å². The van der Waals surface area contributed by atoms with Gasteiger partial charge in [0.15, 0.2) is 5.69 Å². The highest BCUT2D eigenvalue weighted by atomic mass is 16.2. The molecule has 0 saturated heterocycles. The van der Waals surface area contributed by atoms with E-state index in [-0.39, 0.29) is 24.0 Å². The SMILES string of the molecule is CCCn1ncnc1C(C)NC(=O)c1cn(C2CCC(N)CC2)nn1. The van der Waals surface area contributed by atoms with Crippen LogP contribution in [0.1, 0.15) is 74.3 Å². The van der Waals surface area contributed by atoms with Gasteiger partial charge in [-0.3, -0.25) is 4.79 Å². The number of rotatable bonds is 6. The standard InChI is InChI=1S/C16H26N8O/c1-3-8-23-15(18-10-19-23)11(2)20-16(25)14-9-24(22-21-14)13-6-4-12(17)5-7-13/h9-13H,3-8,17H2,1-2H3,(H,20,25). The third-order valence-electron chi connectivity index (χ3n) is 4.67. The second kappa shape index (κ2) is 7.73.